The van der Waals surface area contributed by atoms with E-state index in [1.165, 1.54) is 0 Å². The molecule has 0 bridgehead atoms. The molecular weight excluding hydrogens is 189 g/mol. The van der Waals surface area contributed by atoms with Crippen molar-refractivity contribution >= 4 is 7.29 Å². The van der Waals surface area contributed by atoms with Crippen molar-refractivity contribution in [2.75, 3.05) is 46.8 Å². The van der Waals surface area contributed by atoms with E-state index in [2.05, 4.69) is 5.09 Å². The number of hydrogen-bond donors (Lipinski definition) is 1. The molecule has 1 atom stereocenters. The summed E-state index contributed by atoms with van der Waals surface area (Å²) in [7, 11) is 1.12. The van der Waals surface area contributed by atoms with Gasteiger partial charge in [-0.05, 0) is 6.42 Å². The number of nitrogens with one attached hydrogen (secondary N) is 1. The summed E-state index contributed by atoms with van der Waals surface area (Å²) in [4.78, 5) is 0. The fraction of sp³-hybridized carbons (Fsp3) is 1.00. The van der Waals surface area contributed by atoms with E-state index in [0.29, 0.717) is 25.9 Å². The van der Waals surface area contributed by atoms with E-state index in [4.69, 9.17) is 9.47 Å². The van der Waals surface area contributed by atoms with Crippen LogP contribution in [0.1, 0.15) is 6.42 Å². The highest BCUT2D eigenvalue weighted by Gasteiger charge is 2.12. The molecular formula is C8H20NO3P. The van der Waals surface area contributed by atoms with Crippen LogP contribution in [0.4, 0.5) is 0 Å². The van der Waals surface area contributed by atoms with Crippen LogP contribution in [0.2, 0.25) is 0 Å². The van der Waals surface area contributed by atoms with Crippen LogP contribution in [-0.4, -0.2) is 46.8 Å². The predicted molar refractivity (Wildman–Crippen MR) is 54.8 cm³/mol. The molecule has 1 unspecified atom stereocenters. The zero-order valence-corrected chi connectivity index (χ0v) is 9.60. The summed E-state index contributed by atoms with van der Waals surface area (Å²) in [5, 5.41) is 2.99. The van der Waals surface area contributed by atoms with Crippen molar-refractivity contribution in [1.29, 1.82) is 0 Å². The fourth-order valence-electron chi connectivity index (χ4n) is 0.974. The minimum Gasteiger partial charge on any atom is -0.385 e. The molecule has 0 rings (SSSR count). The fourth-order valence-corrected chi connectivity index (χ4v) is 2.43. The van der Waals surface area contributed by atoms with Crippen molar-refractivity contribution in [2.45, 2.75) is 6.42 Å². The molecule has 4 nitrogen and oxygen atoms in total. The lowest BCUT2D eigenvalue weighted by Crippen LogP contribution is -2.17. The molecule has 0 fully saturated rings. The van der Waals surface area contributed by atoms with Gasteiger partial charge < -0.3 is 14.0 Å². The zero-order valence-electron chi connectivity index (χ0n) is 8.71. The lowest BCUT2D eigenvalue weighted by atomic mass is 10.5. The summed E-state index contributed by atoms with van der Waals surface area (Å²) in [5.41, 5.74) is 0. The van der Waals surface area contributed by atoms with E-state index in [1.807, 2.05) is 0 Å². The Labute approximate surface area is 80.4 Å². The maximum Gasteiger partial charge on any atom is 0.145 e. The maximum atomic E-state index is 11.7. The Morgan fingerprint density at radius 1 is 1.23 bits per heavy atom. The van der Waals surface area contributed by atoms with Crippen molar-refractivity contribution in [1.82, 2.24) is 5.09 Å². The van der Waals surface area contributed by atoms with Gasteiger partial charge in [0.1, 0.15) is 7.29 Å². The Morgan fingerprint density at radius 2 is 1.85 bits per heavy atom. The van der Waals surface area contributed by atoms with Crippen LogP contribution >= 0.6 is 7.29 Å². The monoisotopic (exact) mass is 209 g/mol. The summed E-state index contributed by atoms with van der Waals surface area (Å²) >= 11 is 0. The highest BCUT2D eigenvalue weighted by molar-refractivity contribution is 7.61. The normalized spacial score (nSPS) is 15.6. The van der Waals surface area contributed by atoms with Gasteiger partial charge in [0.05, 0.1) is 6.61 Å². The van der Waals surface area contributed by atoms with E-state index >= 15 is 0 Å². The van der Waals surface area contributed by atoms with Crippen molar-refractivity contribution in [3.8, 4) is 0 Å². The summed E-state index contributed by atoms with van der Waals surface area (Å²) in [6.45, 7) is 3.68. The summed E-state index contributed by atoms with van der Waals surface area (Å²) < 4.78 is 21.5. The van der Waals surface area contributed by atoms with E-state index in [0.717, 1.165) is 6.42 Å². The number of methoxy groups -OCH3 is 2. The van der Waals surface area contributed by atoms with Gasteiger partial charge in [-0.3, -0.25) is 5.09 Å². The highest BCUT2D eigenvalue weighted by atomic mass is 31.2. The Hall–Kier alpha value is 0.110. The van der Waals surface area contributed by atoms with Crippen molar-refractivity contribution in [3.05, 3.63) is 0 Å². The molecule has 80 valence electrons. The summed E-state index contributed by atoms with van der Waals surface area (Å²) in [6, 6.07) is 0. The van der Waals surface area contributed by atoms with Gasteiger partial charge in [0.15, 0.2) is 0 Å². The van der Waals surface area contributed by atoms with Crippen molar-refractivity contribution < 1.29 is 14.0 Å². The first-order chi connectivity index (χ1) is 6.12. The third-order valence-electron chi connectivity index (χ3n) is 1.69. The van der Waals surface area contributed by atoms with Gasteiger partial charge in [-0.1, -0.05) is 0 Å². The number of hydrogen-bond acceptors (Lipinski definition) is 3. The van der Waals surface area contributed by atoms with Crippen LogP contribution in [0.5, 0.6) is 0 Å². The average Bonchev–Trinajstić information content (AvgIpc) is 2.05. The van der Waals surface area contributed by atoms with Crippen LogP contribution in [0.3, 0.4) is 0 Å². The lowest BCUT2D eigenvalue weighted by Gasteiger charge is -2.13. The topological polar surface area (TPSA) is 47.6 Å². The van der Waals surface area contributed by atoms with Gasteiger partial charge in [-0.2, -0.15) is 0 Å². The van der Waals surface area contributed by atoms with Gasteiger partial charge in [-0.25, -0.2) is 0 Å². The molecule has 5 heteroatoms. The predicted octanol–water partition coefficient (Wildman–Crippen LogP) is 1.17. The van der Waals surface area contributed by atoms with E-state index in [1.54, 1.807) is 20.9 Å². The third kappa shape index (κ3) is 8.44. The van der Waals surface area contributed by atoms with Gasteiger partial charge >= 0.3 is 0 Å². The van der Waals surface area contributed by atoms with Crippen LogP contribution in [0.25, 0.3) is 0 Å². The zero-order chi connectivity index (χ0) is 10.2. The molecule has 0 heterocycles. The molecule has 0 saturated heterocycles. The lowest BCUT2D eigenvalue weighted by molar-refractivity contribution is 0.199. The Morgan fingerprint density at radius 3 is 2.38 bits per heavy atom. The van der Waals surface area contributed by atoms with Crippen molar-refractivity contribution in [2.24, 2.45) is 0 Å². The molecule has 0 amide bonds. The Bertz CT molecular complexity index is 149. The van der Waals surface area contributed by atoms with Crippen LogP contribution < -0.4 is 5.09 Å². The minimum atomic E-state index is -2.16. The summed E-state index contributed by atoms with van der Waals surface area (Å²) in [6.07, 6.45) is 1.52. The maximum absolute atomic E-state index is 11.7. The Balaban J connectivity index is 3.49. The molecule has 1 N–H and O–H groups in total. The molecule has 0 saturated carbocycles. The molecule has 0 aromatic rings. The van der Waals surface area contributed by atoms with E-state index in [9.17, 15) is 4.57 Å². The standard InChI is InChI=1S/C8H20NO3P/c1-11-6-4-8-13(3,10)9-5-7-12-2/h4-8H2,1-3H3,(H,9,10). The largest absolute Gasteiger partial charge is 0.385 e. The molecule has 13 heavy (non-hydrogen) atoms. The average molecular weight is 209 g/mol. The molecule has 0 aliphatic rings. The smallest absolute Gasteiger partial charge is 0.145 e. The first-order valence-corrected chi connectivity index (χ1v) is 6.76. The second-order valence-corrected chi connectivity index (χ2v) is 6.04. The van der Waals surface area contributed by atoms with E-state index in [-0.39, 0.29) is 0 Å². The molecule has 0 aromatic carbocycles. The first kappa shape index (κ1) is 13.1. The highest BCUT2D eigenvalue weighted by Crippen LogP contribution is 2.35. The van der Waals surface area contributed by atoms with Gasteiger partial charge in [0.25, 0.3) is 0 Å². The molecule has 0 aliphatic carbocycles. The third-order valence-corrected chi connectivity index (χ3v) is 3.75. The molecule has 0 aromatic heterocycles. The number of rotatable bonds is 8. The quantitative estimate of drug-likeness (QED) is 0.481. The molecule has 0 radical (unpaired) electrons. The second-order valence-electron chi connectivity index (χ2n) is 3.07. The van der Waals surface area contributed by atoms with Gasteiger partial charge in [0.2, 0.25) is 0 Å². The van der Waals surface area contributed by atoms with Gasteiger partial charge in [-0.15, -0.1) is 0 Å². The molecule has 0 spiro atoms. The van der Waals surface area contributed by atoms with Crippen molar-refractivity contribution in [3.63, 3.8) is 0 Å². The summed E-state index contributed by atoms with van der Waals surface area (Å²) in [5.74, 6) is 0. The van der Waals surface area contributed by atoms with Crippen LogP contribution in [0.15, 0.2) is 0 Å². The van der Waals surface area contributed by atoms with Gasteiger partial charge in [0, 0.05) is 40.2 Å². The van der Waals surface area contributed by atoms with Crippen LogP contribution in [0, 0.1) is 0 Å². The van der Waals surface area contributed by atoms with Crippen LogP contribution in [-0.2, 0) is 14.0 Å². The minimum absolute atomic E-state index is 0.599. The number of ether oxygens (including phenoxy) is 2. The first-order valence-electron chi connectivity index (χ1n) is 4.42. The second kappa shape index (κ2) is 7.51. The Kier molecular flexibility index (Phi) is 7.57. The molecule has 0 aliphatic heterocycles. The van der Waals surface area contributed by atoms with E-state index < -0.39 is 7.29 Å². The SMILES string of the molecule is COCCCP(C)(=O)NCCOC.